The molecule has 0 aromatic heterocycles. The first kappa shape index (κ1) is 16.5. The molecule has 2 aromatic carbocycles. The smallest absolute Gasteiger partial charge is 0.175 e. The van der Waals surface area contributed by atoms with Crippen molar-refractivity contribution in [3.63, 3.8) is 0 Å². The summed E-state index contributed by atoms with van der Waals surface area (Å²) in [7, 11) is 0. The van der Waals surface area contributed by atoms with Gasteiger partial charge in [0.2, 0.25) is 0 Å². The summed E-state index contributed by atoms with van der Waals surface area (Å²) in [5.41, 5.74) is 4.76. The van der Waals surface area contributed by atoms with Crippen LogP contribution in [0.4, 0.5) is 11.4 Å². The highest BCUT2D eigenvalue weighted by Gasteiger charge is 2.05. The van der Waals surface area contributed by atoms with Gasteiger partial charge < -0.3 is 10.6 Å². The zero-order valence-electron chi connectivity index (χ0n) is 13.4. The van der Waals surface area contributed by atoms with Gasteiger partial charge in [-0.25, -0.2) is 0 Å². The largest absolute Gasteiger partial charge is 0.332 e. The van der Waals surface area contributed by atoms with Gasteiger partial charge in [0.1, 0.15) is 0 Å². The molecule has 3 heteroatoms. The molecule has 0 atom stereocenters. The molecule has 2 nitrogen and oxygen atoms in total. The standard InChI is InChI=1S/C19H24N2S/c1-3-5-10-16-12-7-9-14-18(16)21-19(22)20-17-13-8-6-11-15(17)4-2/h6-9,11-14H,3-5,10H2,1-2H3,(H2,20,21,22). The summed E-state index contributed by atoms with van der Waals surface area (Å²) in [5.74, 6) is 0. The van der Waals surface area contributed by atoms with Gasteiger partial charge in [0, 0.05) is 11.4 Å². The molecule has 0 spiro atoms. The van der Waals surface area contributed by atoms with Crippen LogP contribution in [-0.4, -0.2) is 5.11 Å². The van der Waals surface area contributed by atoms with Crippen molar-refractivity contribution in [3.8, 4) is 0 Å². The van der Waals surface area contributed by atoms with Gasteiger partial charge in [-0.05, 0) is 54.7 Å². The predicted molar refractivity (Wildman–Crippen MR) is 101 cm³/mol. The summed E-state index contributed by atoms with van der Waals surface area (Å²) >= 11 is 5.48. The molecule has 2 aromatic rings. The van der Waals surface area contributed by atoms with Gasteiger partial charge in [-0.3, -0.25) is 0 Å². The molecule has 0 amide bonds. The van der Waals surface area contributed by atoms with Gasteiger partial charge in [0.25, 0.3) is 0 Å². The van der Waals surface area contributed by atoms with E-state index in [1.165, 1.54) is 24.0 Å². The van der Waals surface area contributed by atoms with E-state index in [-0.39, 0.29) is 0 Å². The third-order valence-corrected chi connectivity index (χ3v) is 3.92. The summed E-state index contributed by atoms with van der Waals surface area (Å²) in [5, 5.41) is 7.30. The number of para-hydroxylation sites is 2. The maximum atomic E-state index is 5.48. The summed E-state index contributed by atoms with van der Waals surface area (Å²) in [4.78, 5) is 0. The molecule has 22 heavy (non-hydrogen) atoms. The summed E-state index contributed by atoms with van der Waals surface area (Å²) in [6, 6.07) is 16.7. The Labute approximate surface area is 139 Å². The Kier molecular flexibility index (Phi) is 6.41. The highest BCUT2D eigenvalue weighted by atomic mass is 32.1. The zero-order chi connectivity index (χ0) is 15.8. The Balaban J connectivity index is 2.06. The monoisotopic (exact) mass is 312 g/mol. The quantitative estimate of drug-likeness (QED) is 0.698. The van der Waals surface area contributed by atoms with Gasteiger partial charge in [0.05, 0.1) is 0 Å². The first-order valence-corrected chi connectivity index (χ1v) is 8.39. The topological polar surface area (TPSA) is 24.1 Å². The molecule has 0 aliphatic rings. The van der Waals surface area contributed by atoms with E-state index < -0.39 is 0 Å². The molecule has 0 saturated heterocycles. The molecule has 0 aliphatic carbocycles. The van der Waals surface area contributed by atoms with Crippen molar-refractivity contribution in [2.75, 3.05) is 10.6 Å². The van der Waals surface area contributed by atoms with Crippen LogP contribution in [-0.2, 0) is 12.8 Å². The van der Waals surface area contributed by atoms with Crippen LogP contribution in [0.1, 0.15) is 37.8 Å². The maximum absolute atomic E-state index is 5.48. The Morgan fingerprint density at radius 2 is 1.41 bits per heavy atom. The van der Waals surface area contributed by atoms with Crippen molar-refractivity contribution < 1.29 is 0 Å². The second-order valence-electron chi connectivity index (χ2n) is 5.35. The van der Waals surface area contributed by atoms with Crippen LogP contribution in [0.2, 0.25) is 0 Å². The molecule has 0 fully saturated rings. The Morgan fingerprint density at radius 1 is 0.864 bits per heavy atom. The molecule has 0 unspecified atom stereocenters. The lowest BCUT2D eigenvalue weighted by atomic mass is 10.1. The number of benzene rings is 2. The van der Waals surface area contributed by atoms with E-state index in [2.05, 4.69) is 60.9 Å². The number of nitrogens with one attached hydrogen (secondary N) is 2. The van der Waals surface area contributed by atoms with Crippen molar-refractivity contribution in [1.29, 1.82) is 0 Å². The molecule has 0 saturated carbocycles. The summed E-state index contributed by atoms with van der Waals surface area (Å²) in [6.45, 7) is 4.36. The number of unbranched alkanes of at least 4 members (excludes halogenated alkanes) is 1. The molecule has 0 radical (unpaired) electrons. The van der Waals surface area contributed by atoms with Crippen LogP contribution in [0, 0.1) is 0 Å². The van der Waals surface area contributed by atoms with Crippen molar-refractivity contribution in [2.45, 2.75) is 39.5 Å². The number of aryl methyl sites for hydroxylation is 2. The molecule has 2 N–H and O–H groups in total. The van der Waals surface area contributed by atoms with E-state index in [1.807, 2.05) is 12.1 Å². The van der Waals surface area contributed by atoms with E-state index in [9.17, 15) is 0 Å². The second kappa shape index (κ2) is 8.54. The molecule has 2 rings (SSSR count). The minimum atomic E-state index is 0.643. The summed E-state index contributed by atoms with van der Waals surface area (Å²) < 4.78 is 0. The third kappa shape index (κ3) is 4.57. The minimum absolute atomic E-state index is 0.643. The lowest BCUT2D eigenvalue weighted by Gasteiger charge is -2.15. The van der Waals surface area contributed by atoms with Crippen molar-refractivity contribution in [1.82, 2.24) is 0 Å². The Morgan fingerprint density at radius 3 is 2.00 bits per heavy atom. The van der Waals surface area contributed by atoms with Crippen LogP contribution >= 0.6 is 12.2 Å². The number of rotatable bonds is 6. The van der Waals surface area contributed by atoms with Gasteiger partial charge in [-0.1, -0.05) is 56.7 Å². The SMILES string of the molecule is CCCCc1ccccc1NC(=S)Nc1ccccc1CC. The number of thiocarbonyl (C=S) groups is 1. The predicted octanol–water partition coefficient (Wildman–Crippen LogP) is 5.40. The van der Waals surface area contributed by atoms with Crippen molar-refractivity contribution in [3.05, 3.63) is 59.7 Å². The normalized spacial score (nSPS) is 10.3. The number of anilines is 2. The van der Waals surface area contributed by atoms with Gasteiger partial charge in [0.15, 0.2) is 5.11 Å². The van der Waals surface area contributed by atoms with Gasteiger partial charge in [-0.15, -0.1) is 0 Å². The van der Waals surface area contributed by atoms with Gasteiger partial charge >= 0.3 is 0 Å². The Hall–Kier alpha value is -1.87. The average Bonchev–Trinajstić information content (AvgIpc) is 2.54. The van der Waals surface area contributed by atoms with E-state index in [4.69, 9.17) is 12.2 Å². The molecule has 0 heterocycles. The van der Waals surface area contributed by atoms with E-state index in [1.54, 1.807) is 0 Å². The molecule has 0 bridgehead atoms. The van der Waals surface area contributed by atoms with Crippen LogP contribution < -0.4 is 10.6 Å². The lowest BCUT2D eigenvalue weighted by molar-refractivity contribution is 0.796. The fraction of sp³-hybridized carbons (Fsp3) is 0.316. The van der Waals surface area contributed by atoms with Gasteiger partial charge in [-0.2, -0.15) is 0 Å². The number of hydrogen-bond acceptors (Lipinski definition) is 1. The fourth-order valence-corrected chi connectivity index (χ4v) is 2.67. The highest BCUT2D eigenvalue weighted by molar-refractivity contribution is 7.80. The molecular weight excluding hydrogens is 288 g/mol. The van der Waals surface area contributed by atoms with E-state index in [0.29, 0.717) is 5.11 Å². The minimum Gasteiger partial charge on any atom is -0.332 e. The molecule has 0 aliphatic heterocycles. The van der Waals surface area contributed by atoms with Crippen molar-refractivity contribution in [2.24, 2.45) is 0 Å². The highest BCUT2D eigenvalue weighted by Crippen LogP contribution is 2.19. The van der Waals surface area contributed by atoms with Crippen LogP contribution in [0.5, 0.6) is 0 Å². The molecule has 116 valence electrons. The van der Waals surface area contributed by atoms with Crippen LogP contribution in [0.3, 0.4) is 0 Å². The average molecular weight is 312 g/mol. The second-order valence-corrected chi connectivity index (χ2v) is 5.76. The first-order valence-electron chi connectivity index (χ1n) is 7.98. The van der Waals surface area contributed by atoms with Crippen LogP contribution in [0.25, 0.3) is 0 Å². The van der Waals surface area contributed by atoms with E-state index >= 15 is 0 Å². The lowest BCUT2D eigenvalue weighted by Crippen LogP contribution is -2.20. The first-order chi connectivity index (χ1) is 10.7. The zero-order valence-corrected chi connectivity index (χ0v) is 14.2. The summed E-state index contributed by atoms with van der Waals surface area (Å²) in [6.07, 6.45) is 4.45. The molecular formula is C19H24N2S. The third-order valence-electron chi connectivity index (χ3n) is 3.71. The van der Waals surface area contributed by atoms with Crippen LogP contribution in [0.15, 0.2) is 48.5 Å². The van der Waals surface area contributed by atoms with Crippen molar-refractivity contribution >= 4 is 28.7 Å². The maximum Gasteiger partial charge on any atom is 0.175 e. The fourth-order valence-electron chi connectivity index (χ4n) is 2.45. The Bertz CT molecular complexity index is 622. The van der Waals surface area contributed by atoms with E-state index in [0.717, 1.165) is 24.2 Å². The number of hydrogen-bond donors (Lipinski definition) is 2.